The molecule has 30 heavy (non-hydrogen) atoms. The van der Waals surface area contributed by atoms with E-state index >= 15 is 0 Å². The van der Waals surface area contributed by atoms with Gasteiger partial charge in [-0.15, -0.1) is 0 Å². The first-order valence-corrected chi connectivity index (χ1v) is 10.6. The molecule has 0 amide bonds. The Kier molecular flexibility index (Phi) is 8.83. The third-order valence-electron chi connectivity index (χ3n) is 5.19. The van der Waals surface area contributed by atoms with E-state index in [1.165, 1.54) is 11.3 Å². The number of hydrogen-bond donors (Lipinski definition) is 2. The van der Waals surface area contributed by atoms with Gasteiger partial charge in [0.15, 0.2) is 5.96 Å². The van der Waals surface area contributed by atoms with E-state index in [1.54, 1.807) is 12.1 Å². The van der Waals surface area contributed by atoms with Crippen LogP contribution in [-0.2, 0) is 19.9 Å². The van der Waals surface area contributed by atoms with Crippen LogP contribution >= 0.6 is 0 Å². The molecule has 1 atom stereocenters. The molecule has 2 rings (SSSR count). The second kappa shape index (κ2) is 11.3. The van der Waals surface area contributed by atoms with E-state index in [1.807, 2.05) is 23.9 Å². The third kappa shape index (κ3) is 6.86. The molecule has 1 aromatic carbocycles. The number of unbranched alkanes of at least 4 members (excludes halogenated alkanes) is 1. The summed E-state index contributed by atoms with van der Waals surface area (Å²) < 4.78 is 1.93. The maximum Gasteiger partial charge on any atom is 0.269 e. The van der Waals surface area contributed by atoms with Gasteiger partial charge in [0.1, 0.15) is 0 Å². The van der Waals surface area contributed by atoms with E-state index in [0.717, 1.165) is 56.0 Å². The zero-order chi connectivity index (χ0) is 22.1. The van der Waals surface area contributed by atoms with Gasteiger partial charge in [0.25, 0.3) is 5.69 Å². The highest BCUT2D eigenvalue weighted by molar-refractivity contribution is 5.80. The van der Waals surface area contributed by atoms with Gasteiger partial charge in [0.2, 0.25) is 0 Å². The number of rotatable bonds is 10. The van der Waals surface area contributed by atoms with Crippen molar-refractivity contribution < 1.29 is 4.92 Å². The SMILES string of the molecule is CCNC(=NCCCCc1ccc([N+](=O)[O-])cc1)NC(C)Cc1c(C)nn(C)c1C. The van der Waals surface area contributed by atoms with Gasteiger partial charge in [-0.2, -0.15) is 5.10 Å². The van der Waals surface area contributed by atoms with Crippen LogP contribution in [0, 0.1) is 24.0 Å². The van der Waals surface area contributed by atoms with E-state index in [-0.39, 0.29) is 16.7 Å². The molecule has 1 unspecified atom stereocenters. The first-order chi connectivity index (χ1) is 14.3. The van der Waals surface area contributed by atoms with Crippen LogP contribution in [0.4, 0.5) is 5.69 Å². The molecule has 0 saturated carbocycles. The topological polar surface area (TPSA) is 97.4 Å². The fourth-order valence-electron chi connectivity index (χ4n) is 3.44. The van der Waals surface area contributed by atoms with Crippen molar-refractivity contribution >= 4 is 11.6 Å². The molecule has 0 spiro atoms. The highest BCUT2D eigenvalue weighted by Crippen LogP contribution is 2.15. The Balaban J connectivity index is 1.81. The molecule has 0 radical (unpaired) electrons. The minimum atomic E-state index is -0.369. The molecular formula is C22H34N6O2. The van der Waals surface area contributed by atoms with Crippen LogP contribution in [0.1, 0.15) is 49.2 Å². The lowest BCUT2D eigenvalue weighted by Gasteiger charge is -2.18. The Hall–Kier alpha value is -2.90. The Morgan fingerprint density at radius 1 is 1.27 bits per heavy atom. The summed E-state index contributed by atoms with van der Waals surface area (Å²) in [7, 11) is 1.98. The Bertz CT molecular complexity index is 857. The minimum Gasteiger partial charge on any atom is -0.357 e. The number of nitro groups is 1. The van der Waals surface area contributed by atoms with Crippen molar-refractivity contribution in [1.82, 2.24) is 20.4 Å². The highest BCUT2D eigenvalue weighted by atomic mass is 16.6. The number of guanidine groups is 1. The summed E-state index contributed by atoms with van der Waals surface area (Å²) in [5.41, 5.74) is 4.82. The summed E-state index contributed by atoms with van der Waals surface area (Å²) in [5.74, 6) is 0.833. The van der Waals surface area contributed by atoms with Crippen molar-refractivity contribution in [3.63, 3.8) is 0 Å². The van der Waals surface area contributed by atoms with Crippen LogP contribution in [0.15, 0.2) is 29.3 Å². The van der Waals surface area contributed by atoms with Gasteiger partial charge in [-0.1, -0.05) is 12.1 Å². The zero-order valence-corrected chi connectivity index (χ0v) is 18.7. The molecule has 0 aliphatic heterocycles. The molecule has 0 aliphatic rings. The van der Waals surface area contributed by atoms with Gasteiger partial charge in [0.05, 0.1) is 10.6 Å². The maximum atomic E-state index is 10.7. The predicted octanol–water partition coefficient (Wildman–Crippen LogP) is 3.45. The lowest BCUT2D eigenvalue weighted by Crippen LogP contribution is -2.43. The smallest absolute Gasteiger partial charge is 0.269 e. The van der Waals surface area contributed by atoms with E-state index < -0.39 is 0 Å². The molecule has 1 heterocycles. The standard InChI is InChI=1S/C22H34N6O2/c1-6-23-22(25-16(2)15-21-17(3)26-27(5)18(21)4)24-14-8-7-9-19-10-12-20(13-11-19)28(29)30/h10-13,16H,6-9,14-15H2,1-5H3,(H2,23,24,25). The van der Waals surface area contributed by atoms with Gasteiger partial charge in [0, 0.05) is 44.0 Å². The summed E-state index contributed by atoms with van der Waals surface area (Å²) in [5, 5.41) is 22.0. The van der Waals surface area contributed by atoms with Gasteiger partial charge in [-0.25, -0.2) is 0 Å². The molecule has 2 N–H and O–H groups in total. The van der Waals surface area contributed by atoms with Crippen molar-refractivity contribution in [1.29, 1.82) is 0 Å². The van der Waals surface area contributed by atoms with E-state index in [4.69, 9.17) is 4.99 Å². The molecule has 8 nitrogen and oxygen atoms in total. The van der Waals surface area contributed by atoms with Crippen molar-refractivity contribution in [3.05, 3.63) is 56.9 Å². The number of nitrogens with zero attached hydrogens (tertiary/aromatic N) is 4. The van der Waals surface area contributed by atoms with E-state index in [9.17, 15) is 10.1 Å². The fourth-order valence-corrected chi connectivity index (χ4v) is 3.44. The van der Waals surface area contributed by atoms with E-state index in [2.05, 4.69) is 43.4 Å². The second-order valence-electron chi connectivity index (χ2n) is 7.66. The summed E-state index contributed by atoms with van der Waals surface area (Å²) in [6, 6.07) is 7.03. The number of non-ortho nitro benzene ring substituents is 1. The Labute approximate surface area is 178 Å². The zero-order valence-electron chi connectivity index (χ0n) is 18.7. The molecule has 0 aliphatic carbocycles. The predicted molar refractivity (Wildman–Crippen MR) is 121 cm³/mol. The highest BCUT2D eigenvalue weighted by Gasteiger charge is 2.14. The number of aryl methyl sites for hydroxylation is 3. The fraction of sp³-hybridized carbons (Fsp3) is 0.545. The van der Waals surface area contributed by atoms with Crippen LogP contribution in [0.3, 0.4) is 0 Å². The quantitative estimate of drug-likeness (QED) is 0.204. The molecule has 1 aromatic heterocycles. The molecule has 164 valence electrons. The van der Waals surface area contributed by atoms with Crippen LogP contribution in [-0.4, -0.2) is 39.8 Å². The molecule has 0 saturated heterocycles. The van der Waals surface area contributed by atoms with Crippen LogP contribution in [0.2, 0.25) is 0 Å². The summed E-state index contributed by atoms with van der Waals surface area (Å²) in [4.78, 5) is 15.0. The van der Waals surface area contributed by atoms with Gasteiger partial charge >= 0.3 is 0 Å². The molecule has 0 fully saturated rings. The maximum absolute atomic E-state index is 10.7. The first-order valence-electron chi connectivity index (χ1n) is 10.6. The number of nitrogens with one attached hydrogen (secondary N) is 2. The van der Waals surface area contributed by atoms with Gasteiger partial charge < -0.3 is 10.6 Å². The van der Waals surface area contributed by atoms with Crippen LogP contribution in [0.5, 0.6) is 0 Å². The average Bonchev–Trinajstić information content (AvgIpc) is 2.94. The van der Waals surface area contributed by atoms with Crippen LogP contribution in [0.25, 0.3) is 0 Å². The monoisotopic (exact) mass is 414 g/mol. The molecule has 2 aromatic rings. The van der Waals surface area contributed by atoms with Crippen molar-refractivity contribution in [2.24, 2.45) is 12.0 Å². The Morgan fingerprint density at radius 3 is 2.53 bits per heavy atom. The molecule has 0 bridgehead atoms. The Morgan fingerprint density at radius 2 is 1.97 bits per heavy atom. The van der Waals surface area contributed by atoms with Crippen LogP contribution < -0.4 is 10.6 Å². The summed E-state index contributed by atoms with van der Waals surface area (Å²) >= 11 is 0. The first kappa shape index (κ1) is 23.4. The normalized spacial score (nSPS) is 12.6. The van der Waals surface area contributed by atoms with Crippen molar-refractivity contribution in [2.75, 3.05) is 13.1 Å². The second-order valence-corrected chi connectivity index (χ2v) is 7.66. The summed E-state index contributed by atoms with van der Waals surface area (Å²) in [6.45, 7) is 9.93. The van der Waals surface area contributed by atoms with Crippen molar-refractivity contribution in [2.45, 2.75) is 59.4 Å². The average molecular weight is 415 g/mol. The lowest BCUT2D eigenvalue weighted by molar-refractivity contribution is -0.384. The molecule has 8 heteroatoms. The number of aromatic nitrogens is 2. The van der Waals surface area contributed by atoms with E-state index in [0.29, 0.717) is 0 Å². The lowest BCUT2D eigenvalue weighted by atomic mass is 10.1. The number of hydrogen-bond acceptors (Lipinski definition) is 4. The summed E-state index contributed by atoms with van der Waals surface area (Å²) in [6.07, 6.45) is 3.75. The van der Waals surface area contributed by atoms with Crippen molar-refractivity contribution in [3.8, 4) is 0 Å². The number of aliphatic imine (C=N–C) groups is 1. The number of nitro benzene ring substituents is 1. The molecular weight excluding hydrogens is 380 g/mol. The minimum absolute atomic E-state index is 0.135. The largest absolute Gasteiger partial charge is 0.357 e. The van der Waals surface area contributed by atoms with Gasteiger partial charge in [-0.05, 0) is 64.5 Å². The third-order valence-corrected chi connectivity index (χ3v) is 5.19. The van der Waals surface area contributed by atoms with Gasteiger partial charge in [-0.3, -0.25) is 19.8 Å². The number of benzene rings is 1.